The second kappa shape index (κ2) is 5.28. The van der Waals surface area contributed by atoms with Crippen LogP contribution in [-0.2, 0) is 19.0 Å². The van der Waals surface area contributed by atoms with Gasteiger partial charge in [-0.3, -0.25) is 0 Å². The molecule has 18 heavy (non-hydrogen) atoms. The van der Waals surface area contributed by atoms with Crippen LogP contribution in [0.5, 0.6) is 0 Å². The lowest BCUT2D eigenvalue weighted by Gasteiger charge is -2.39. The molecule has 0 spiro atoms. The van der Waals surface area contributed by atoms with Crippen molar-refractivity contribution in [2.75, 3.05) is 27.3 Å². The molecule has 2 aliphatic heterocycles. The van der Waals surface area contributed by atoms with Gasteiger partial charge in [0.25, 0.3) is 0 Å². The number of methoxy groups -OCH3 is 2. The standard InChI is InChI=1S/C13H21NO4/c1-13(12(16-2)17-3)9-10(8-11(15)18-13)14-6-4-5-7-14/h8,12H,4-7,9H2,1-3H3. The molecular weight excluding hydrogens is 234 g/mol. The maximum Gasteiger partial charge on any atom is 0.333 e. The van der Waals surface area contributed by atoms with E-state index in [0.29, 0.717) is 6.42 Å². The molecule has 1 saturated heterocycles. The van der Waals surface area contributed by atoms with Crippen LogP contribution in [0.2, 0.25) is 0 Å². The van der Waals surface area contributed by atoms with E-state index >= 15 is 0 Å². The summed E-state index contributed by atoms with van der Waals surface area (Å²) in [5, 5.41) is 0. The predicted molar refractivity (Wildman–Crippen MR) is 65.8 cm³/mol. The zero-order valence-corrected chi connectivity index (χ0v) is 11.3. The van der Waals surface area contributed by atoms with E-state index < -0.39 is 11.9 Å². The smallest absolute Gasteiger partial charge is 0.333 e. The van der Waals surface area contributed by atoms with Crippen LogP contribution in [0.15, 0.2) is 11.8 Å². The second-order valence-electron chi connectivity index (χ2n) is 5.04. The Bertz CT molecular complexity index is 345. The normalized spacial score (nSPS) is 28.6. The molecule has 0 N–H and O–H groups in total. The van der Waals surface area contributed by atoms with Gasteiger partial charge in [0.05, 0.1) is 0 Å². The fraction of sp³-hybridized carbons (Fsp3) is 0.769. The summed E-state index contributed by atoms with van der Waals surface area (Å²) in [5.41, 5.74) is 0.276. The molecule has 5 heteroatoms. The molecule has 2 rings (SSSR count). The number of carbonyl (C=O) groups excluding carboxylic acids is 1. The quantitative estimate of drug-likeness (QED) is 0.559. The second-order valence-corrected chi connectivity index (χ2v) is 5.04. The average Bonchev–Trinajstić information content (AvgIpc) is 2.82. The Kier molecular flexibility index (Phi) is 3.92. The van der Waals surface area contributed by atoms with Crippen LogP contribution in [-0.4, -0.2) is 50.1 Å². The zero-order chi connectivity index (χ0) is 13.2. The predicted octanol–water partition coefficient (Wildman–Crippen LogP) is 1.29. The molecule has 0 aromatic carbocycles. The first-order valence-electron chi connectivity index (χ1n) is 6.33. The summed E-state index contributed by atoms with van der Waals surface area (Å²) in [6, 6.07) is 0. The zero-order valence-electron chi connectivity index (χ0n) is 11.3. The molecule has 2 heterocycles. The van der Waals surface area contributed by atoms with Gasteiger partial charge in [0.15, 0.2) is 11.9 Å². The fourth-order valence-electron chi connectivity index (χ4n) is 2.78. The van der Waals surface area contributed by atoms with Gasteiger partial charge in [0, 0.05) is 45.5 Å². The summed E-state index contributed by atoms with van der Waals surface area (Å²) >= 11 is 0. The van der Waals surface area contributed by atoms with Crippen molar-refractivity contribution in [3.63, 3.8) is 0 Å². The Balaban J connectivity index is 2.17. The lowest BCUT2D eigenvalue weighted by Crippen LogP contribution is -2.49. The fourth-order valence-corrected chi connectivity index (χ4v) is 2.78. The third-order valence-electron chi connectivity index (χ3n) is 3.59. The number of cyclic esters (lactones) is 1. The molecule has 0 aromatic heterocycles. The molecule has 0 aliphatic carbocycles. The summed E-state index contributed by atoms with van der Waals surface area (Å²) in [6.07, 6.45) is 4.04. The lowest BCUT2D eigenvalue weighted by atomic mass is 9.95. The largest absolute Gasteiger partial charge is 0.450 e. The maximum absolute atomic E-state index is 11.7. The molecule has 0 amide bonds. The molecule has 5 nitrogen and oxygen atoms in total. The Morgan fingerprint density at radius 2 is 1.94 bits per heavy atom. The van der Waals surface area contributed by atoms with Crippen molar-refractivity contribution in [1.82, 2.24) is 4.90 Å². The third-order valence-corrected chi connectivity index (χ3v) is 3.59. The van der Waals surface area contributed by atoms with Gasteiger partial charge in [-0.15, -0.1) is 0 Å². The molecule has 1 unspecified atom stereocenters. The molecule has 0 saturated carbocycles. The van der Waals surface area contributed by atoms with E-state index in [1.165, 1.54) is 12.8 Å². The van der Waals surface area contributed by atoms with E-state index in [4.69, 9.17) is 14.2 Å². The van der Waals surface area contributed by atoms with Crippen molar-refractivity contribution >= 4 is 5.97 Å². The van der Waals surface area contributed by atoms with Gasteiger partial charge in [-0.1, -0.05) is 0 Å². The van der Waals surface area contributed by atoms with Gasteiger partial charge in [-0.25, -0.2) is 4.79 Å². The highest BCUT2D eigenvalue weighted by molar-refractivity contribution is 5.84. The SMILES string of the molecule is COC(OC)C1(C)CC(N2CCCC2)=CC(=O)O1. The molecular formula is C13H21NO4. The molecule has 0 aromatic rings. The van der Waals surface area contributed by atoms with Crippen LogP contribution >= 0.6 is 0 Å². The van der Waals surface area contributed by atoms with E-state index in [9.17, 15) is 4.79 Å². The minimum atomic E-state index is -0.757. The number of likely N-dealkylation sites (tertiary alicyclic amines) is 1. The van der Waals surface area contributed by atoms with Crippen molar-refractivity contribution in [3.05, 3.63) is 11.8 Å². The van der Waals surface area contributed by atoms with E-state index in [1.807, 2.05) is 6.92 Å². The van der Waals surface area contributed by atoms with Gasteiger partial charge in [-0.2, -0.15) is 0 Å². The highest BCUT2D eigenvalue weighted by Gasteiger charge is 2.43. The van der Waals surface area contributed by atoms with Crippen LogP contribution in [0.1, 0.15) is 26.2 Å². The van der Waals surface area contributed by atoms with Gasteiger partial charge < -0.3 is 19.1 Å². The van der Waals surface area contributed by atoms with Crippen LogP contribution in [0.4, 0.5) is 0 Å². The first kappa shape index (κ1) is 13.4. The number of ether oxygens (including phenoxy) is 3. The summed E-state index contributed by atoms with van der Waals surface area (Å²) < 4.78 is 15.9. The monoisotopic (exact) mass is 255 g/mol. The Morgan fingerprint density at radius 1 is 1.33 bits per heavy atom. The van der Waals surface area contributed by atoms with Gasteiger partial charge in [-0.05, 0) is 19.8 Å². The topological polar surface area (TPSA) is 48.0 Å². The van der Waals surface area contributed by atoms with Crippen LogP contribution in [0.3, 0.4) is 0 Å². The molecule has 1 fully saturated rings. The number of carbonyl (C=O) groups is 1. The number of hydrogen-bond donors (Lipinski definition) is 0. The van der Waals surface area contributed by atoms with E-state index in [-0.39, 0.29) is 5.97 Å². The van der Waals surface area contributed by atoms with Crippen molar-refractivity contribution < 1.29 is 19.0 Å². The minimum absolute atomic E-state index is 0.315. The summed E-state index contributed by atoms with van der Waals surface area (Å²) in [7, 11) is 3.11. The molecule has 0 bridgehead atoms. The van der Waals surface area contributed by atoms with Gasteiger partial charge in [0.2, 0.25) is 0 Å². The first-order valence-corrected chi connectivity index (χ1v) is 6.33. The van der Waals surface area contributed by atoms with Gasteiger partial charge >= 0.3 is 5.97 Å². The van der Waals surface area contributed by atoms with Crippen LogP contribution in [0.25, 0.3) is 0 Å². The molecule has 2 aliphatic rings. The number of esters is 1. The Hall–Kier alpha value is -1.07. The highest BCUT2D eigenvalue weighted by atomic mass is 16.7. The number of nitrogens with zero attached hydrogens (tertiary/aromatic N) is 1. The minimum Gasteiger partial charge on any atom is -0.450 e. The summed E-state index contributed by atoms with van der Waals surface area (Å²) in [5.74, 6) is -0.315. The number of rotatable bonds is 4. The number of hydrogen-bond acceptors (Lipinski definition) is 5. The van der Waals surface area contributed by atoms with Crippen molar-refractivity contribution in [2.24, 2.45) is 0 Å². The third kappa shape index (κ3) is 2.52. The van der Waals surface area contributed by atoms with E-state index in [0.717, 1.165) is 18.8 Å². The van der Waals surface area contributed by atoms with Crippen molar-refractivity contribution in [2.45, 2.75) is 38.1 Å². The molecule has 0 radical (unpaired) electrons. The Morgan fingerprint density at radius 3 is 2.50 bits per heavy atom. The van der Waals surface area contributed by atoms with Gasteiger partial charge in [0.1, 0.15) is 0 Å². The lowest BCUT2D eigenvalue weighted by molar-refractivity contribution is -0.226. The van der Waals surface area contributed by atoms with Crippen molar-refractivity contribution in [3.8, 4) is 0 Å². The van der Waals surface area contributed by atoms with Crippen LogP contribution < -0.4 is 0 Å². The summed E-state index contributed by atoms with van der Waals surface area (Å²) in [4.78, 5) is 14.0. The average molecular weight is 255 g/mol. The first-order chi connectivity index (χ1) is 8.59. The van der Waals surface area contributed by atoms with Crippen LogP contribution in [0, 0.1) is 0 Å². The molecule has 1 atom stereocenters. The van der Waals surface area contributed by atoms with E-state index in [2.05, 4.69) is 4.90 Å². The molecule has 102 valence electrons. The Labute approximate surface area is 108 Å². The highest BCUT2D eigenvalue weighted by Crippen LogP contribution is 2.33. The van der Waals surface area contributed by atoms with E-state index in [1.54, 1.807) is 20.3 Å². The van der Waals surface area contributed by atoms with Crippen molar-refractivity contribution in [1.29, 1.82) is 0 Å². The summed E-state index contributed by atoms with van der Waals surface area (Å²) in [6.45, 7) is 3.88. The maximum atomic E-state index is 11.7.